The molecule has 0 radical (unpaired) electrons. The molecule has 0 aliphatic heterocycles. The van der Waals surface area contributed by atoms with E-state index in [9.17, 15) is 9.59 Å². The minimum Gasteiger partial charge on any atom is -0.441 e. The van der Waals surface area contributed by atoms with E-state index in [2.05, 4.69) is 15.6 Å². The topological polar surface area (TPSA) is 84.2 Å². The van der Waals surface area contributed by atoms with Gasteiger partial charge in [0.15, 0.2) is 11.5 Å². The van der Waals surface area contributed by atoms with E-state index in [0.717, 1.165) is 5.56 Å². The van der Waals surface area contributed by atoms with Crippen LogP contribution in [0.1, 0.15) is 42.1 Å². The zero-order chi connectivity index (χ0) is 20.3. The molecule has 0 bridgehead atoms. The summed E-state index contributed by atoms with van der Waals surface area (Å²) in [5.41, 5.74) is 3.41. The number of anilines is 1. The number of carbonyl (C=O) groups excluding carboxylic acids is 2. The molecule has 0 aliphatic rings. The van der Waals surface area contributed by atoms with Crippen LogP contribution in [0.25, 0.3) is 11.1 Å². The highest BCUT2D eigenvalue weighted by Crippen LogP contribution is 2.20. The monoisotopic (exact) mass is 379 g/mol. The Bertz CT molecular complexity index is 1010. The predicted octanol–water partition coefficient (Wildman–Crippen LogP) is 4.23. The minimum absolute atomic E-state index is 0.244. The molecule has 0 fully saturated rings. The van der Waals surface area contributed by atoms with Gasteiger partial charge in [0.25, 0.3) is 5.91 Å². The summed E-state index contributed by atoms with van der Waals surface area (Å²) < 4.78 is 5.46. The number of oxazole rings is 1. The van der Waals surface area contributed by atoms with E-state index in [1.807, 2.05) is 39.0 Å². The maximum atomic E-state index is 12.9. The highest BCUT2D eigenvalue weighted by molar-refractivity contribution is 6.02. The Morgan fingerprint density at radius 2 is 1.86 bits per heavy atom. The first kappa shape index (κ1) is 19.6. The smallest absolute Gasteiger partial charge is 0.252 e. The number of nitrogens with one attached hydrogen (secondary N) is 2. The van der Waals surface area contributed by atoms with Crippen LogP contribution in [-0.2, 0) is 4.79 Å². The number of benzene rings is 2. The Hall–Kier alpha value is -3.15. The summed E-state index contributed by atoms with van der Waals surface area (Å²) in [5.74, 6) is 0.312. The van der Waals surface area contributed by atoms with Crippen molar-refractivity contribution < 1.29 is 14.0 Å². The van der Waals surface area contributed by atoms with Gasteiger partial charge < -0.3 is 15.1 Å². The Morgan fingerprint density at radius 1 is 1.11 bits per heavy atom. The molecule has 2 amide bonds. The molecule has 6 heteroatoms. The first-order valence-electron chi connectivity index (χ1n) is 9.38. The van der Waals surface area contributed by atoms with Crippen molar-refractivity contribution in [1.82, 2.24) is 10.3 Å². The van der Waals surface area contributed by atoms with Crippen molar-refractivity contribution in [1.29, 1.82) is 0 Å². The van der Waals surface area contributed by atoms with Crippen LogP contribution in [0.2, 0.25) is 0 Å². The third-order valence-corrected chi connectivity index (χ3v) is 4.48. The van der Waals surface area contributed by atoms with Gasteiger partial charge in [-0.1, -0.05) is 32.0 Å². The van der Waals surface area contributed by atoms with Gasteiger partial charge in [0.2, 0.25) is 5.91 Å². The average Bonchev–Trinajstić information content (AvgIpc) is 3.00. The summed E-state index contributed by atoms with van der Waals surface area (Å²) in [5, 5.41) is 5.77. The van der Waals surface area contributed by atoms with Crippen molar-refractivity contribution in [3.63, 3.8) is 0 Å². The summed E-state index contributed by atoms with van der Waals surface area (Å²) in [6.07, 6.45) is 0.536. The molecule has 28 heavy (non-hydrogen) atoms. The van der Waals surface area contributed by atoms with Crippen LogP contribution < -0.4 is 10.6 Å². The third-order valence-electron chi connectivity index (χ3n) is 4.48. The quantitative estimate of drug-likeness (QED) is 0.671. The van der Waals surface area contributed by atoms with Gasteiger partial charge in [-0.25, -0.2) is 4.98 Å². The van der Waals surface area contributed by atoms with Gasteiger partial charge in [-0.05, 0) is 49.1 Å². The molecular formula is C22H25N3O3. The molecule has 146 valence electrons. The Balaban J connectivity index is 1.76. The van der Waals surface area contributed by atoms with E-state index in [-0.39, 0.29) is 17.7 Å². The van der Waals surface area contributed by atoms with Gasteiger partial charge in [-0.2, -0.15) is 0 Å². The van der Waals surface area contributed by atoms with Gasteiger partial charge >= 0.3 is 0 Å². The molecule has 3 rings (SSSR count). The molecular weight excluding hydrogens is 354 g/mol. The molecule has 1 aromatic heterocycles. The number of nitrogens with zero attached hydrogens (tertiary/aromatic N) is 1. The zero-order valence-electron chi connectivity index (χ0n) is 16.6. The second kappa shape index (κ2) is 8.25. The molecule has 2 aromatic carbocycles. The predicted molar refractivity (Wildman–Crippen MR) is 109 cm³/mol. The summed E-state index contributed by atoms with van der Waals surface area (Å²) in [7, 11) is 0. The summed E-state index contributed by atoms with van der Waals surface area (Å²) >= 11 is 0. The summed E-state index contributed by atoms with van der Waals surface area (Å²) in [4.78, 5) is 29.8. The highest BCUT2D eigenvalue weighted by atomic mass is 16.3. The van der Waals surface area contributed by atoms with E-state index < -0.39 is 6.04 Å². The molecule has 0 unspecified atom stereocenters. The molecule has 1 atom stereocenters. The van der Waals surface area contributed by atoms with E-state index in [1.165, 1.54) is 0 Å². The van der Waals surface area contributed by atoms with E-state index in [0.29, 0.717) is 34.7 Å². The van der Waals surface area contributed by atoms with Gasteiger partial charge in [-0.15, -0.1) is 0 Å². The lowest BCUT2D eigenvalue weighted by molar-refractivity contribution is -0.118. The largest absolute Gasteiger partial charge is 0.441 e. The van der Waals surface area contributed by atoms with Crippen molar-refractivity contribution in [2.75, 3.05) is 5.32 Å². The van der Waals surface area contributed by atoms with Gasteiger partial charge in [-0.3, -0.25) is 9.59 Å². The lowest BCUT2D eigenvalue weighted by Gasteiger charge is -2.20. The maximum Gasteiger partial charge on any atom is 0.252 e. The van der Waals surface area contributed by atoms with Crippen molar-refractivity contribution in [3.8, 4) is 0 Å². The Morgan fingerprint density at radius 3 is 2.57 bits per heavy atom. The average molecular weight is 379 g/mol. The van der Waals surface area contributed by atoms with Crippen LogP contribution >= 0.6 is 0 Å². The molecule has 0 saturated heterocycles. The second-order valence-corrected chi connectivity index (χ2v) is 7.38. The molecule has 0 saturated carbocycles. The Kier molecular flexibility index (Phi) is 5.78. The standard InChI is InChI=1S/C22H25N3O3/c1-13(2)11-19(25-21(26)17-8-6-5-7-14(17)3)22(27)24-16-9-10-20-18(12-16)23-15(4)28-20/h5-10,12-13,19H,11H2,1-4H3,(H,24,27)(H,25,26)/t19-/m1/s1. The molecule has 6 nitrogen and oxygen atoms in total. The molecule has 0 spiro atoms. The van der Waals surface area contributed by atoms with Gasteiger partial charge in [0.1, 0.15) is 11.6 Å². The van der Waals surface area contributed by atoms with Crippen molar-refractivity contribution in [2.24, 2.45) is 5.92 Å². The van der Waals surface area contributed by atoms with Crippen LogP contribution in [0, 0.1) is 19.8 Å². The fraction of sp³-hybridized carbons (Fsp3) is 0.318. The molecule has 1 heterocycles. The van der Waals surface area contributed by atoms with Gasteiger partial charge in [0.05, 0.1) is 0 Å². The van der Waals surface area contributed by atoms with Crippen LogP contribution in [0.3, 0.4) is 0 Å². The molecule has 0 aliphatic carbocycles. The normalized spacial score (nSPS) is 12.2. The number of amides is 2. The number of hydrogen-bond acceptors (Lipinski definition) is 4. The van der Waals surface area contributed by atoms with Crippen LogP contribution in [0.4, 0.5) is 5.69 Å². The van der Waals surface area contributed by atoms with Gasteiger partial charge in [0, 0.05) is 18.2 Å². The number of aromatic nitrogens is 1. The van der Waals surface area contributed by atoms with Crippen LogP contribution in [0.15, 0.2) is 46.9 Å². The summed E-state index contributed by atoms with van der Waals surface area (Å²) in [6, 6.07) is 12.0. The van der Waals surface area contributed by atoms with E-state index in [4.69, 9.17) is 4.42 Å². The van der Waals surface area contributed by atoms with E-state index in [1.54, 1.807) is 31.2 Å². The van der Waals surface area contributed by atoms with Crippen molar-refractivity contribution in [3.05, 3.63) is 59.5 Å². The minimum atomic E-state index is -0.637. The first-order chi connectivity index (χ1) is 13.3. The molecule has 2 N–H and O–H groups in total. The van der Waals surface area contributed by atoms with Crippen molar-refractivity contribution in [2.45, 2.75) is 40.2 Å². The van der Waals surface area contributed by atoms with Crippen LogP contribution in [-0.4, -0.2) is 22.8 Å². The van der Waals surface area contributed by atoms with Crippen molar-refractivity contribution >= 4 is 28.6 Å². The lowest BCUT2D eigenvalue weighted by Crippen LogP contribution is -2.44. The Labute approximate surface area is 164 Å². The lowest BCUT2D eigenvalue weighted by atomic mass is 10.0. The number of aryl methyl sites for hydroxylation is 2. The fourth-order valence-corrected chi connectivity index (χ4v) is 3.12. The maximum absolute atomic E-state index is 12.9. The molecule has 3 aromatic rings. The number of hydrogen-bond donors (Lipinski definition) is 2. The summed E-state index contributed by atoms with van der Waals surface area (Å²) in [6.45, 7) is 7.69. The highest BCUT2D eigenvalue weighted by Gasteiger charge is 2.23. The zero-order valence-corrected chi connectivity index (χ0v) is 16.6. The number of fused-ring (bicyclic) bond motifs is 1. The third kappa shape index (κ3) is 4.57. The second-order valence-electron chi connectivity index (χ2n) is 7.38. The first-order valence-corrected chi connectivity index (χ1v) is 9.38. The number of carbonyl (C=O) groups is 2. The fourth-order valence-electron chi connectivity index (χ4n) is 3.12. The SMILES string of the molecule is Cc1nc2cc(NC(=O)[C@@H](CC(C)C)NC(=O)c3ccccc3C)ccc2o1. The number of rotatable bonds is 6. The van der Waals surface area contributed by atoms with E-state index >= 15 is 0 Å². The van der Waals surface area contributed by atoms with Crippen LogP contribution in [0.5, 0.6) is 0 Å².